The van der Waals surface area contributed by atoms with Crippen LogP contribution >= 0.6 is 22.7 Å². The summed E-state index contributed by atoms with van der Waals surface area (Å²) in [6.07, 6.45) is 0.884. The maximum atomic E-state index is 13.5. The van der Waals surface area contributed by atoms with E-state index in [-0.39, 0.29) is 5.91 Å². The predicted octanol–water partition coefficient (Wildman–Crippen LogP) is 5.12. The minimum absolute atomic E-state index is 0.00696. The summed E-state index contributed by atoms with van der Waals surface area (Å²) in [5.74, 6) is -0.00696. The average Bonchev–Trinajstić information content (AvgIpc) is 3.30. The molecule has 5 nitrogen and oxygen atoms in total. The molecular formula is C22H24N4OS2. The van der Waals surface area contributed by atoms with Gasteiger partial charge in [-0.2, -0.15) is 0 Å². The topological polar surface area (TPSA) is 49.3 Å². The number of nitrogens with zero attached hydrogens (tertiary/aromatic N) is 4. The van der Waals surface area contributed by atoms with Crippen molar-refractivity contribution in [3.05, 3.63) is 52.5 Å². The van der Waals surface area contributed by atoms with Crippen LogP contribution in [0.5, 0.6) is 0 Å². The first-order valence-corrected chi connectivity index (χ1v) is 11.3. The fourth-order valence-electron chi connectivity index (χ4n) is 3.45. The van der Waals surface area contributed by atoms with Gasteiger partial charge in [-0.3, -0.25) is 9.69 Å². The summed E-state index contributed by atoms with van der Waals surface area (Å²) < 4.78 is 2.15. The number of hydrogen-bond acceptors (Lipinski definition) is 6. The third-order valence-electron chi connectivity index (χ3n) is 4.86. The van der Waals surface area contributed by atoms with Gasteiger partial charge in [-0.1, -0.05) is 17.4 Å². The smallest absolute Gasteiger partial charge is 0.260 e. The molecule has 0 saturated heterocycles. The van der Waals surface area contributed by atoms with Crippen LogP contribution in [-0.2, 0) is 0 Å². The zero-order valence-corrected chi connectivity index (χ0v) is 18.7. The summed E-state index contributed by atoms with van der Waals surface area (Å²) >= 11 is 3.15. The van der Waals surface area contributed by atoms with Gasteiger partial charge in [0.05, 0.1) is 25.9 Å². The molecule has 0 fully saturated rings. The van der Waals surface area contributed by atoms with Gasteiger partial charge in [-0.05, 0) is 76.3 Å². The van der Waals surface area contributed by atoms with Crippen molar-refractivity contribution in [3.8, 4) is 0 Å². The predicted molar refractivity (Wildman–Crippen MR) is 124 cm³/mol. The summed E-state index contributed by atoms with van der Waals surface area (Å²) in [6.45, 7) is 5.72. The van der Waals surface area contributed by atoms with Gasteiger partial charge in [-0.15, -0.1) is 11.3 Å². The highest BCUT2D eigenvalue weighted by molar-refractivity contribution is 7.22. The lowest BCUT2D eigenvalue weighted by molar-refractivity contribution is 0.0986. The van der Waals surface area contributed by atoms with Crippen LogP contribution in [0, 0.1) is 13.8 Å². The highest BCUT2D eigenvalue weighted by Crippen LogP contribution is 2.33. The third kappa shape index (κ3) is 4.17. The van der Waals surface area contributed by atoms with Crippen LogP contribution in [0.15, 0.2) is 35.8 Å². The molecule has 0 bridgehead atoms. The van der Waals surface area contributed by atoms with E-state index >= 15 is 0 Å². The number of amides is 1. The van der Waals surface area contributed by atoms with Crippen LogP contribution in [0.25, 0.3) is 20.4 Å². The summed E-state index contributed by atoms with van der Waals surface area (Å²) in [7, 11) is 4.10. The van der Waals surface area contributed by atoms with E-state index in [4.69, 9.17) is 4.98 Å². The molecule has 4 rings (SSSR count). The second kappa shape index (κ2) is 8.18. The van der Waals surface area contributed by atoms with Gasteiger partial charge in [0, 0.05) is 12.1 Å². The quantitative estimate of drug-likeness (QED) is 0.431. The third-order valence-corrected chi connectivity index (χ3v) is 6.68. The zero-order chi connectivity index (χ0) is 20.5. The Morgan fingerprint density at radius 1 is 1.07 bits per heavy atom. The van der Waals surface area contributed by atoms with Crippen molar-refractivity contribution >= 4 is 54.1 Å². The first-order valence-electron chi connectivity index (χ1n) is 9.60. The molecule has 0 radical (unpaired) electrons. The molecule has 2 aromatic carbocycles. The van der Waals surface area contributed by atoms with E-state index < -0.39 is 0 Å². The van der Waals surface area contributed by atoms with Gasteiger partial charge in [0.1, 0.15) is 0 Å². The molecule has 0 aliphatic heterocycles. The van der Waals surface area contributed by atoms with Crippen molar-refractivity contribution in [3.63, 3.8) is 0 Å². The van der Waals surface area contributed by atoms with Gasteiger partial charge in [-0.25, -0.2) is 9.97 Å². The van der Waals surface area contributed by atoms with Gasteiger partial charge in [0.2, 0.25) is 0 Å². The zero-order valence-electron chi connectivity index (χ0n) is 17.1. The minimum atomic E-state index is -0.00696. The SMILES string of the molecule is Cc1cc(C)c2nc(N(CCCN(C)C)C(=O)c3ccc4ncsc4c3)sc2c1. The molecule has 0 atom stereocenters. The van der Waals surface area contributed by atoms with Crippen molar-refractivity contribution < 1.29 is 4.79 Å². The molecule has 0 N–H and O–H groups in total. The van der Waals surface area contributed by atoms with Crippen molar-refractivity contribution in [2.24, 2.45) is 0 Å². The fraction of sp³-hybridized carbons (Fsp3) is 0.318. The molecular weight excluding hydrogens is 400 g/mol. The number of benzene rings is 2. The Hall–Kier alpha value is -2.35. The molecule has 1 amide bonds. The molecule has 2 heterocycles. The maximum absolute atomic E-state index is 13.5. The Kier molecular flexibility index (Phi) is 5.63. The van der Waals surface area contributed by atoms with Gasteiger partial charge in [0.25, 0.3) is 5.91 Å². The summed E-state index contributed by atoms with van der Waals surface area (Å²) in [6, 6.07) is 10.0. The Morgan fingerprint density at radius 3 is 2.69 bits per heavy atom. The number of rotatable bonds is 6. The lowest BCUT2D eigenvalue weighted by Crippen LogP contribution is -2.33. The summed E-state index contributed by atoms with van der Waals surface area (Å²) in [5, 5.41) is 0.766. The van der Waals surface area contributed by atoms with E-state index in [1.165, 1.54) is 5.56 Å². The number of anilines is 1. The Labute approximate surface area is 178 Å². The maximum Gasteiger partial charge on any atom is 0.260 e. The Balaban J connectivity index is 1.72. The number of carbonyl (C=O) groups is 1. The monoisotopic (exact) mass is 424 g/mol. The molecule has 2 aromatic heterocycles. The number of fused-ring (bicyclic) bond motifs is 2. The lowest BCUT2D eigenvalue weighted by Gasteiger charge is -2.21. The van der Waals surface area contributed by atoms with Crippen LogP contribution in [0.3, 0.4) is 0 Å². The first kappa shape index (κ1) is 19.9. The highest BCUT2D eigenvalue weighted by Gasteiger charge is 2.22. The molecule has 4 aromatic rings. The van der Waals surface area contributed by atoms with Gasteiger partial charge >= 0.3 is 0 Å². The molecule has 0 saturated carbocycles. The van der Waals surface area contributed by atoms with Crippen LogP contribution in [0.4, 0.5) is 5.13 Å². The first-order chi connectivity index (χ1) is 13.9. The Morgan fingerprint density at radius 2 is 1.90 bits per heavy atom. The lowest BCUT2D eigenvalue weighted by atomic mass is 10.1. The van der Waals surface area contributed by atoms with Crippen molar-refractivity contribution in [1.29, 1.82) is 0 Å². The second-order valence-corrected chi connectivity index (χ2v) is 9.47. The van der Waals surface area contributed by atoms with Crippen LogP contribution in [0.1, 0.15) is 27.9 Å². The number of carbonyl (C=O) groups excluding carboxylic acids is 1. The number of aromatic nitrogens is 2. The van der Waals surface area contributed by atoms with Crippen molar-refractivity contribution in [2.75, 3.05) is 32.1 Å². The van der Waals surface area contributed by atoms with Gasteiger partial charge in [0.15, 0.2) is 5.13 Å². The fourth-order valence-corrected chi connectivity index (χ4v) is 5.33. The molecule has 7 heteroatoms. The van der Waals surface area contributed by atoms with E-state index in [0.29, 0.717) is 12.1 Å². The van der Waals surface area contributed by atoms with Crippen molar-refractivity contribution in [2.45, 2.75) is 20.3 Å². The van der Waals surface area contributed by atoms with E-state index in [0.717, 1.165) is 44.1 Å². The molecule has 0 unspecified atom stereocenters. The van der Waals surface area contributed by atoms with Crippen molar-refractivity contribution in [1.82, 2.24) is 14.9 Å². The second-order valence-electron chi connectivity index (χ2n) is 7.57. The average molecular weight is 425 g/mol. The van der Waals surface area contributed by atoms with Crippen LogP contribution in [0.2, 0.25) is 0 Å². The van der Waals surface area contributed by atoms with E-state index in [1.54, 1.807) is 22.7 Å². The van der Waals surface area contributed by atoms with Crippen LogP contribution in [-0.4, -0.2) is 48.0 Å². The molecule has 29 heavy (non-hydrogen) atoms. The number of thiazole rings is 2. The molecule has 0 aliphatic rings. The largest absolute Gasteiger partial charge is 0.309 e. The number of aryl methyl sites for hydroxylation is 2. The highest BCUT2D eigenvalue weighted by atomic mass is 32.1. The summed E-state index contributed by atoms with van der Waals surface area (Å²) in [5.41, 5.74) is 6.77. The number of hydrogen-bond donors (Lipinski definition) is 0. The minimum Gasteiger partial charge on any atom is -0.309 e. The molecule has 0 aliphatic carbocycles. The normalized spacial score (nSPS) is 11.6. The molecule has 150 valence electrons. The molecule has 0 spiro atoms. The Bertz CT molecular complexity index is 1180. The van der Waals surface area contributed by atoms with E-state index in [2.05, 4.69) is 35.9 Å². The summed E-state index contributed by atoms with van der Waals surface area (Å²) in [4.78, 5) is 26.6. The van der Waals surface area contributed by atoms with E-state index in [9.17, 15) is 4.79 Å². The van der Waals surface area contributed by atoms with E-state index in [1.807, 2.05) is 42.7 Å². The van der Waals surface area contributed by atoms with Gasteiger partial charge < -0.3 is 4.90 Å². The standard InChI is InChI=1S/C22H24N4OS2/c1-14-10-15(2)20-19(11-14)29-22(24-20)26(9-5-8-25(3)4)21(27)16-6-7-17-18(12-16)28-13-23-17/h6-7,10-13H,5,8-9H2,1-4H3. The van der Waals surface area contributed by atoms with Crippen LogP contribution < -0.4 is 4.90 Å².